The summed E-state index contributed by atoms with van der Waals surface area (Å²) in [6, 6.07) is 10.0. The first-order valence-corrected chi connectivity index (χ1v) is 7.87. The van der Waals surface area contributed by atoms with E-state index in [1.165, 1.54) is 0 Å². The second-order valence-electron chi connectivity index (χ2n) is 6.31. The van der Waals surface area contributed by atoms with Crippen LogP contribution in [0.25, 0.3) is 21.7 Å². The van der Waals surface area contributed by atoms with Crippen LogP contribution in [-0.2, 0) is 9.59 Å². The van der Waals surface area contributed by atoms with Crippen LogP contribution in [0.3, 0.4) is 0 Å². The molecule has 0 radical (unpaired) electrons. The number of anilines is 1. The average Bonchev–Trinajstić information content (AvgIpc) is 2.98. The van der Waals surface area contributed by atoms with Crippen LogP contribution in [0.4, 0.5) is 5.69 Å². The summed E-state index contributed by atoms with van der Waals surface area (Å²) >= 11 is 0. The van der Waals surface area contributed by atoms with E-state index < -0.39 is 5.92 Å². The summed E-state index contributed by atoms with van der Waals surface area (Å²) in [7, 11) is 3.99. The number of benzene rings is 2. The molecule has 6 nitrogen and oxygen atoms in total. The van der Waals surface area contributed by atoms with Crippen LogP contribution in [0.15, 0.2) is 34.9 Å². The fraction of sp³-hybridized carbons (Fsp3) is 0.278. The van der Waals surface area contributed by atoms with Gasteiger partial charge in [-0.2, -0.15) is 0 Å². The Morgan fingerprint density at radius 2 is 2.04 bits per heavy atom. The maximum absolute atomic E-state index is 12.2. The largest absolute Gasteiger partial charge is 0.378 e. The average molecular weight is 323 g/mol. The van der Waals surface area contributed by atoms with Gasteiger partial charge < -0.3 is 9.42 Å². The molecule has 2 amide bonds. The van der Waals surface area contributed by atoms with Crippen molar-refractivity contribution in [1.82, 2.24) is 10.5 Å². The quantitative estimate of drug-likeness (QED) is 0.734. The van der Waals surface area contributed by atoms with Crippen LogP contribution >= 0.6 is 0 Å². The molecule has 122 valence electrons. The van der Waals surface area contributed by atoms with Gasteiger partial charge in [-0.15, -0.1) is 0 Å². The SMILES string of the molecule is CN(C)c1ccc2c(ccc3onc([C@H]4CCC(=O)NC4=O)c32)c1. The van der Waals surface area contributed by atoms with E-state index in [-0.39, 0.29) is 11.8 Å². The van der Waals surface area contributed by atoms with E-state index in [2.05, 4.69) is 16.5 Å². The van der Waals surface area contributed by atoms with Crippen molar-refractivity contribution < 1.29 is 14.1 Å². The Hall–Kier alpha value is -2.89. The van der Waals surface area contributed by atoms with Gasteiger partial charge in [0.2, 0.25) is 11.8 Å². The van der Waals surface area contributed by atoms with Gasteiger partial charge in [0.1, 0.15) is 5.69 Å². The standard InChI is InChI=1S/C18H17N3O3/c1-21(2)11-4-5-12-10(9-11)3-7-14-16(12)17(20-24-14)13-6-8-15(22)19-18(13)23/h3-5,7,9,13H,6,8H2,1-2H3,(H,19,22,23)/t13-/m1/s1. The zero-order valence-electron chi connectivity index (χ0n) is 13.5. The lowest BCUT2D eigenvalue weighted by Gasteiger charge is -2.19. The van der Waals surface area contributed by atoms with Crippen LogP contribution < -0.4 is 10.2 Å². The van der Waals surface area contributed by atoms with E-state index >= 15 is 0 Å². The molecule has 1 atom stereocenters. The Bertz CT molecular complexity index is 974. The molecule has 0 saturated carbocycles. The Kier molecular flexibility index (Phi) is 3.26. The summed E-state index contributed by atoms with van der Waals surface area (Å²) in [5.41, 5.74) is 2.36. The van der Waals surface area contributed by atoms with Gasteiger partial charge in [0, 0.05) is 26.2 Å². The normalized spacial score (nSPS) is 18.2. The fourth-order valence-electron chi connectivity index (χ4n) is 3.25. The number of nitrogens with zero attached hydrogens (tertiary/aromatic N) is 2. The summed E-state index contributed by atoms with van der Waals surface area (Å²) in [6.07, 6.45) is 0.777. The third-order valence-electron chi connectivity index (χ3n) is 4.55. The number of aromatic nitrogens is 1. The Morgan fingerprint density at radius 3 is 2.79 bits per heavy atom. The molecular weight excluding hydrogens is 306 g/mol. The lowest BCUT2D eigenvalue weighted by atomic mass is 9.91. The highest BCUT2D eigenvalue weighted by atomic mass is 16.5. The second kappa shape index (κ2) is 5.33. The molecule has 0 bridgehead atoms. The molecule has 1 saturated heterocycles. The van der Waals surface area contributed by atoms with Gasteiger partial charge >= 0.3 is 0 Å². The number of nitrogens with one attached hydrogen (secondary N) is 1. The minimum atomic E-state index is -0.455. The first-order chi connectivity index (χ1) is 11.5. The number of piperidine rings is 1. The number of carbonyl (C=O) groups is 2. The van der Waals surface area contributed by atoms with Gasteiger partial charge in [-0.1, -0.05) is 17.3 Å². The summed E-state index contributed by atoms with van der Waals surface area (Å²) in [4.78, 5) is 25.6. The number of fused-ring (bicyclic) bond motifs is 3. The van der Waals surface area contributed by atoms with Gasteiger partial charge in [0.05, 0.1) is 11.3 Å². The highest BCUT2D eigenvalue weighted by molar-refractivity contribution is 6.10. The second-order valence-corrected chi connectivity index (χ2v) is 6.31. The molecule has 2 aromatic carbocycles. The molecule has 1 fully saturated rings. The maximum Gasteiger partial charge on any atom is 0.235 e. The molecule has 1 aliphatic rings. The molecule has 24 heavy (non-hydrogen) atoms. The third kappa shape index (κ3) is 2.22. The molecule has 0 aliphatic carbocycles. The fourth-order valence-corrected chi connectivity index (χ4v) is 3.25. The number of hydrogen-bond donors (Lipinski definition) is 1. The summed E-state index contributed by atoms with van der Waals surface area (Å²) in [5, 5.41) is 9.45. The van der Waals surface area contributed by atoms with Crippen molar-refractivity contribution in [2.24, 2.45) is 0 Å². The predicted octanol–water partition coefficient (Wildman–Crippen LogP) is 2.57. The zero-order valence-corrected chi connectivity index (χ0v) is 13.5. The van der Waals surface area contributed by atoms with E-state index in [1.807, 2.05) is 43.3 Å². The van der Waals surface area contributed by atoms with Crippen LogP contribution in [0.1, 0.15) is 24.5 Å². The molecule has 3 aromatic rings. The van der Waals surface area contributed by atoms with E-state index in [4.69, 9.17) is 4.52 Å². The van der Waals surface area contributed by atoms with Crippen LogP contribution in [0.2, 0.25) is 0 Å². The van der Waals surface area contributed by atoms with E-state index in [1.54, 1.807) is 0 Å². The molecule has 1 N–H and O–H groups in total. The maximum atomic E-state index is 12.2. The van der Waals surface area contributed by atoms with Gasteiger partial charge in [0.15, 0.2) is 5.58 Å². The summed E-state index contributed by atoms with van der Waals surface area (Å²) in [6.45, 7) is 0. The van der Waals surface area contributed by atoms with E-state index in [0.29, 0.717) is 24.1 Å². The van der Waals surface area contributed by atoms with E-state index in [9.17, 15) is 9.59 Å². The third-order valence-corrected chi connectivity index (χ3v) is 4.55. The van der Waals surface area contributed by atoms with Gasteiger partial charge in [-0.05, 0) is 35.4 Å². The first-order valence-electron chi connectivity index (χ1n) is 7.87. The molecule has 1 aliphatic heterocycles. The molecule has 1 aromatic heterocycles. The minimum Gasteiger partial charge on any atom is -0.378 e. The van der Waals surface area contributed by atoms with Crippen LogP contribution in [-0.4, -0.2) is 31.1 Å². The van der Waals surface area contributed by atoms with Crippen LogP contribution in [0, 0.1) is 0 Å². The van der Waals surface area contributed by atoms with Crippen molar-refractivity contribution in [3.8, 4) is 0 Å². The predicted molar refractivity (Wildman–Crippen MR) is 91.0 cm³/mol. The van der Waals surface area contributed by atoms with Crippen molar-refractivity contribution in [1.29, 1.82) is 0 Å². The molecular formula is C18H17N3O3. The molecule has 4 rings (SSSR count). The lowest BCUT2D eigenvalue weighted by Crippen LogP contribution is -2.39. The van der Waals surface area contributed by atoms with Crippen molar-refractivity contribution in [2.45, 2.75) is 18.8 Å². The number of hydrogen-bond acceptors (Lipinski definition) is 5. The highest BCUT2D eigenvalue weighted by Gasteiger charge is 2.32. The van der Waals surface area contributed by atoms with Gasteiger partial charge in [-0.25, -0.2) is 0 Å². The van der Waals surface area contributed by atoms with Crippen molar-refractivity contribution in [2.75, 3.05) is 19.0 Å². The van der Waals surface area contributed by atoms with Crippen molar-refractivity contribution in [3.63, 3.8) is 0 Å². The van der Waals surface area contributed by atoms with Gasteiger partial charge in [0.25, 0.3) is 0 Å². The number of imide groups is 1. The molecule has 0 spiro atoms. The highest BCUT2D eigenvalue weighted by Crippen LogP contribution is 2.36. The number of carbonyl (C=O) groups excluding carboxylic acids is 2. The number of amides is 2. The summed E-state index contributed by atoms with van der Waals surface area (Å²) < 4.78 is 5.44. The van der Waals surface area contributed by atoms with Gasteiger partial charge in [-0.3, -0.25) is 14.9 Å². The Morgan fingerprint density at radius 1 is 1.21 bits per heavy atom. The topological polar surface area (TPSA) is 75.4 Å². The van der Waals surface area contributed by atoms with Crippen molar-refractivity contribution in [3.05, 3.63) is 36.0 Å². The summed E-state index contributed by atoms with van der Waals surface area (Å²) in [5.74, 6) is -0.990. The molecule has 2 heterocycles. The number of rotatable bonds is 2. The smallest absolute Gasteiger partial charge is 0.235 e. The monoisotopic (exact) mass is 323 g/mol. The van der Waals surface area contributed by atoms with E-state index in [0.717, 1.165) is 21.8 Å². The Balaban J connectivity index is 1.91. The molecule has 0 unspecified atom stereocenters. The zero-order chi connectivity index (χ0) is 16.8. The first kappa shape index (κ1) is 14.7. The molecule has 6 heteroatoms. The Labute approximate surface area is 138 Å². The van der Waals surface area contributed by atoms with Crippen molar-refractivity contribution >= 4 is 39.2 Å². The van der Waals surface area contributed by atoms with Crippen LogP contribution in [0.5, 0.6) is 0 Å². The lowest BCUT2D eigenvalue weighted by molar-refractivity contribution is -0.134. The minimum absolute atomic E-state index is 0.232.